The minimum atomic E-state index is -3.93. The summed E-state index contributed by atoms with van der Waals surface area (Å²) in [5.74, 6) is 0.521. The van der Waals surface area contributed by atoms with Crippen molar-refractivity contribution in [3.8, 4) is 5.75 Å². The van der Waals surface area contributed by atoms with Crippen molar-refractivity contribution in [1.29, 1.82) is 0 Å². The predicted octanol–water partition coefficient (Wildman–Crippen LogP) is 1.11. The summed E-state index contributed by atoms with van der Waals surface area (Å²) in [6.45, 7) is -0.00342. The lowest BCUT2D eigenvalue weighted by Crippen LogP contribution is -2.20. The monoisotopic (exact) mass is 247 g/mol. The van der Waals surface area contributed by atoms with Crippen LogP contribution in [0.15, 0.2) is 29.2 Å². The van der Waals surface area contributed by atoms with E-state index in [0.717, 1.165) is 0 Å². The van der Waals surface area contributed by atoms with Crippen LogP contribution in [0.4, 0.5) is 4.39 Å². The number of ether oxygens (including phenoxy) is 1. The van der Waals surface area contributed by atoms with Crippen LogP contribution in [0.25, 0.3) is 0 Å². The third kappa shape index (κ3) is 2.70. The van der Waals surface area contributed by atoms with Gasteiger partial charge in [0, 0.05) is 6.42 Å². The maximum absolute atomic E-state index is 13.3. The molecule has 0 spiro atoms. The first-order valence-corrected chi connectivity index (χ1v) is 6.29. The number of nitrogens with two attached hydrogens (primary N) is 1. The van der Waals surface area contributed by atoms with E-state index in [1.54, 1.807) is 0 Å². The van der Waals surface area contributed by atoms with E-state index in [4.69, 9.17) is 10.5 Å². The van der Waals surface area contributed by atoms with Crippen molar-refractivity contribution in [2.45, 2.75) is 16.8 Å². The Morgan fingerprint density at radius 3 is 2.38 bits per heavy atom. The Bertz CT molecular complexity index is 430. The third-order valence-corrected chi connectivity index (χ3v) is 3.96. The van der Waals surface area contributed by atoms with Gasteiger partial charge in [0.15, 0.2) is 0 Å². The minimum Gasteiger partial charge on any atom is -0.497 e. The molecule has 1 aromatic carbocycles. The Balaban J connectivity index is 2.98. The summed E-state index contributed by atoms with van der Waals surface area (Å²) in [5, 5.41) is 0. The number of rotatable bonds is 5. The van der Waals surface area contributed by atoms with Crippen molar-refractivity contribution < 1.29 is 17.5 Å². The van der Waals surface area contributed by atoms with Gasteiger partial charge >= 0.3 is 0 Å². The fourth-order valence-electron chi connectivity index (χ4n) is 1.20. The second-order valence-corrected chi connectivity index (χ2v) is 5.28. The molecule has 0 amide bonds. The Labute approximate surface area is 94.1 Å². The van der Waals surface area contributed by atoms with E-state index in [-0.39, 0.29) is 17.9 Å². The molecule has 2 N–H and O–H groups in total. The molecule has 0 radical (unpaired) electrons. The van der Waals surface area contributed by atoms with E-state index in [1.807, 2.05) is 0 Å². The number of methoxy groups -OCH3 is 1. The smallest absolute Gasteiger partial charge is 0.210 e. The van der Waals surface area contributed by atoms with Crippen LogP contribution in [0, 0.1) is 0 Å². The summed E-state index contributed by atoms with van der Waals surface area (Å²) >= 11 is 0. The molecule has 0 heterocycles. The first-order valence-electron chi connectivity index (χ1n) is 4.74. The molecule has 0 aliphatic rings. The van der Waals surface area contributed by atoms with Gasteiger partial charge in [-0.15, -0.1) is 0 Å². The fraction of sp³-hybridized carbons (Fsp3) is 0.400. The van der Waals surface area contributed by atoms with Gasteiger partial charge in [0.2, 0.25) is 15.3 Å². The van der Waals surface area contributed by atoms with Crippen LogP contribution in [0.3, 0.4) is 0 Å². The molecule has 16 heavy (non-hydrogen) atoms. The molecule has 1 rings (SSSR count). The van der Waals surface area contributed by atoms with E-state index >= 15 is 0 Å². The Morgan fingerprint density at radius 2 is 1.94 bits per heavy atom. The van der Waals surface area contributed by atoms with E-state index in [1.165, 1.54) is 31.4 Å². The van der Waals surface area contributed by atoms with E-state index in [9.17, 15) is 12.8 Å². The first kappa shape index (κ1) is 12.9. The summed E-state index contributed by atoms with van der Waals surface area (Å²) < 4.78 is 41.5. The summed E-state index contributed by atoms with van der Waals surface area (Å²) in [7, 11) is -2.46. The van der Waals surface area contributed by atoms with Gasteiger partial charge < -0.3 is 10.5 Å². The number of alkyl halides is 1. The maximum Gasteiger partial charge on any atom is 0.210 e. The van der Waals surface area contributed by atoms with Gasteiger partial charge in [0.1, 0.15) is 5.75 Å². The minimum absolute atomic E-state index is 0.00342. The summed E-state index contributed by atoms with van der Waals surface area (Å²) in [4.78, 5) is -0.0609. The molecule has 0 saturated carbocycles. The number of halogens is 1. The highest BCUT2D eigenvalue weighted by Gasteiger charge is 2.26. The maximum atomic E-state index is 13.3. The number of benzene rings is 1. The van der Waals surface area contributed by atoms with Crippen LogP contribution < -0.4 is 10.5 Å². The molecule has 4 nitrogen and oxygen atoms in total. The predicted molar refractivity (Wildman–Crippen MR) is 58.7 cm³/mol. The van der Waals surface area contributed by atoms with Gasteiger partial charge in [-0.25, -0.2) is 12.8 Å². The summed E-state index contributed by atoms with van der Waals surface area (Å²) in [5.41, 5.74) is 3.17. The molecular weight excluding hydrogens is 233 g/mol. The Hall–Kier alpha value is -1.14. The topological polar surface area (TPSA) is 69.4 Å². The van der Waals surface area contributed by atoms with Crippen molar-refractivity contribution in [2.24, 2.45) is 5.73 Å². The van der Waals surface area contributed by atoms with Crippen molar-refractivity contribution in [3.63, 3.8) is 0 Å². The van der Waals surface area contributed by atoms with Gasteiger partial charge in [-0.3, -0.25) is 0 Å². The van der Waals surface area contributed by atoms with Gasteiger partial charge in [0.25, 0.3) is 0 Å². The molecule has 90 valence electrons. The largest absolute Gasteiger partial charge is 0.497 e. The lowest BCUT2D eigenvalue weighted by molar-refractivity contribution is 0.402. The molecule has 1 unspecified atom stereocenters. The van der Waals surface area contributed by atoms with Crippen molar-refractivity contribution >= 4 is 9.84 Å². The lowest BCUT2D eigenvalue weighted by Gasteiger charge is -2.09. The number of sulfone groups is 1. The molecule has 1 atom stereocenters. The van der Waals surface area contributed by atoms with Gasteiger partial charge in [0.05, 0.1) is 12.0 Å². The van der Waals surface area contributed by atoms with Crippen LogP contribution in [0.1, 0.15) is 6.42 Å². The van der Waals surface area contributed by atoms with E-state index < -0.39 is 15.3 Å². The zero-order chi connectivity index (χ0) is 12.2. The number of hydrogen-bond donors (Lipinski definition) is 1. The second-order valence-electron chi connectivity index (χ2n) is 3.21. The van der Waals surface area contributed by atoms with Crippen LogP contribution in [0.2, 0.25) is 0 Å². The Kier molecular flexibility index (Phi) is 4.26. The van der Waals surface area contributed by atoms with Crippen LogP contribution >= 0.6 is 0 Å². The molecule has 0 aromatic heterocycles. The fourth-order valence-corrected chi connectivity index (χ4v) is 2.46. The zero-order valence-corrected chi connectivity index (χ0v) is 9.71. The molecule has 0 saturated heterocycles. The first-order chi connectivity index (χ1) is 7.52. The molecule has 0 fully saturated rings. The van der Waals surface area contributed by atoms with Gasteiger partial charge in [-0.05, 0) is 30.8 Å². The van der Waals surface area contributed by atoms with Gasteiger partial charge in [-0.2, -0.15) is 0 Å². The molecule has 6 heteroatoms. The van der Waals surface area contributed by atoms with E-state index in [2.05, 4.69) is 0 Å². The molecule has 1 aromatic rings. The van der Waals surface area contributed by atoms with Crippen LogP contribution in [-0.2, 0) is 9.84 Å². The highest BCUT2D eigenvalue weighted by molar-refractivity contribution is 7.91. The quantitative estimate of drug-likeness (QED) is 0.846. The molecule has 0 aliphatic carbocycles. The SMILES string of the molecule is COc1ccc(S(=O)(=O)C(F)CCN)cc1. The third-order valence-electron chi connectivity index (χ3n) is 2.12. The summed E-state index contributed by atoms with van der Waals surface area (Å²) in [6.07, 6.45) is -0.200. The lowest BCUT2D eigenvalue weighted by atomic mass is 10.3. The molecule has 0 bridgehead atoms. The Morgan fingerprint density at radius 1 is 1.38 bits per heavy atom. The van der Waals surface area contributed by atoms with E-state index in [0.29, 0.717) is 5.75 Å². The van der Waals surface area contributed by atoms with Gasteiger partial charge in [-0.1, -0.05) is 0 Å². The molecular formula is C10H14FNO3S. The highest BCUT2D eigenvalue weighted by atomic mass is 32.2. The van der Waals surface area contributed by atoms with Crippen LogP contribution in [-0.4, -0.2) is 27.6 Å². The average Bonchev–Trinajstić information content (AvgIpc) is 2.29. The average molecular weight is 247 g/mol. The highest BCUT2D eigenvalue weighted by Crippen LogP contribution is 2.21. The van der Waals surface area contributed by atoms with Crippen molar-refractivity contribution in [2.75, 3.05) is 13.7 Å². The van der Waals surface area contributed by atoms with Crippen molar-refractivity contribution in [3.05, 3.63) is 24.3 Å². The normalized spacial score (nSPS) is 13.4. The zero-order valence-electron chi connectivity index (χ0n) is 8.89. The molecule has 0 aliphatic heterocycles. The van der Waals surface area contributed by atoms with Crippen molar-refractivity contribution in [1.82, 2.24) is 0 Å². The van der Waals surface area contributed by atoms with Crippen LogP contribution in [0.5, 0.6) is 5.75 Å². The number of hydrogen-bond acceptors (Lipinski definition) is 4. The summed E-state index contributed by atoms with van der Waals surface area (Å²) in [6, 6.07) is 5.58. The second kappa shape index (κ2) is 5.27. The standard InChI is InChI=1S/C10H14FNO3S/c1-15-8-2-4-9(5-3-8)16(13,14)10(11)6-7-12/h2-5,10H,6-7,12H2,1H3.